The lowest BCUT2D eigenvalue weighted by molar-refractivity contribution is -0.0329. The van der Waals surface area contributed by atoms with Gasteiger partial charge < -0.3 is 5.32 Å². The molecule has 2 atom stereocenters. The number of thioether (sulfide) groups is 1. The smallest absolute Gasteiger partial charge is 0.311 e. The summed E-state index contributed by atoms with van der Waals surface area (Å²) in [5.74, 6) is 0.918. The standard InChI is InChI=1S/C13H23F3N2S/c1-2-3-11-8-17-12(10-4-5-10)9-18(11)6-7-19-13(14,15)16/h10-12,17H,2-9H2,1H3. The van der Waals surface area contributed by atoms with Gasteiger partial charge in [0.25, 0.3) is 0 Å². The van der Waals surface area contributed by atoms with Gasteiger partial charge in [-0.05, 0) is 36.9 Å². The second kappa shape index (κ2) is 6.68. The van der Waals surface area contributed by atoms with Crippen molar-refractivity contribution in [3.05, 3.63) is 0 Å². The minimum atomic E-state index is -4.09. The van der Waals surface area contributed by atoms with Crippen molar-refractivity contribution in [3.63, 3.8) is 0 Å². The molecule has 1 saturated carbocycles. The maximum Gasteiger partial charge on any atom is 0.441 e. The van der Waals surface area contributed by atoms with Gasteiger partial charge in [0.2, 0.25) is 0 Å². The van der Waals surface area contributed by atoms with E-state index in [9.17, 15) is 13.2 Å². The third-order valence-corrected chi connectivity index (χ3v) is 4.73. The van der Waals surface area contributed by atoms with E-state index in [-0.39, 0.29) is 17.5 Å². The molecule has 2 fully saturated rings. The fraction of sp³-hybridized carbons (Fsp3) is 1.00. The van der Waals surface area contributed by atoms with Crippen LogP contribution in [0.3, 0.4) is 0 Å². The number of hydrogen-bond acceptors (Lipinski definition) is 3. The first-order chi connectivity index (χ1) is 8.99. The van der Waals surface area contributed by atoms with E-state index in [1.54, 1.807) is 0 Å². The summed E-state index contributed by atoms with van der Waals surface area (Å²) in [7, 11) is 0. The van der Waals surface area contributed by atoms with Crippen LogP contribution in [-0.4, -0.2) is 47.9 Å². The number of alkyl halides is 3. The molecule has 112 valence electrons. The fourth-order valence-electron chi connectivity index (χ4n) is 2.87. The Balaban J connectivity index is 1.80. The first kappa shape index (κ1) is 15.4. The lowest BCUT2D eigenvalue weighted by Gasteiger charge is -2.40. The van der Waals surface area contributed by atoms with E-state index in [2.05, 4.69) is 17.1 Å². The molecule has 1 aliphatic carbocycles. The van der Waals surface area contributed by atoms with Gasteiger partial charge in [-0.2, -0.15) is 13.2 Å². The van der Waals surface area contributed by atoms with Gasteiger partial charge in [-0.3, -0.25) is 4.90 Å². The third-order valence-electron chi connectivity index (χ3n) is 4.02. The molecule has 0 aromatic heterocycles. The molecule has 0 spiro atoms. The molecule has 2 nitrogen and oxygen atoms in total. The average molecular weight is 296 g/mol. The Kier molecular flexibility index (Phi) is 5.43. The zero-order valence-corrected chi connectivity index (χ0v) is 12.2. The molecule has 0 bridgehead atoms. The molecular weight excluding hydrogens is 273 g/mol. The molecule has 2 aliphatic rings. The van der Waals surface area contributed by atoms with Crippen LogP contribution >= 0.6 is 11.8 Å². The van der Waals surface area contributed by atoms with E-state index in [0.717, 1.165) is 31.8 Å². The maximum absolute atomic E-state index is 12.2. The van der Waals surface area contributed by atoms with E-state index in [4.69, 9.17) is 0 Å². The number of nitrogens with zero attached hydrogens (tertiary/aromatic N) is 1. The van der Waals surface area contributed by atoms with Gasteiger partial charge in [0.15, 0.2) is 0 Å². The molecule has 0 amide bonds. The Morgan fingerprint density at radius 3 is 2.63 bits per heavy atom. The van der Waals surface area contributed by atoms with Crippen LogP contribution in [0.15, 0.2) is 0 Å². The van der Waals surface area contributed by atoms with Crippen molar-refractivity contribution in [1.82, 2.24) is 10.2 Å². The highest BCUT2D eigenvalue weighted by atomic mass is 32.2. The Morgan fingerprint density at radius 2 is 2.05 bits per heavy atom. The minimum Gasteiger partial charge on any atom is -0.311 e. The molecule has 1 saturated heterocycles. The quantitative estimate of drug-likeness (QED) is 0.811. The zero-order chi connectivity index (χ0) is 13.9. The first-order valence-electron chi connectivity index (χ1n) is 7.17. The van der Waals surface area contributed by atoms with Crippen molar-refractivity contribution in [2.75, 3.05) is 25.4 Å². The molecule has 0 aromatic carbocycles. The number of rotatable bonds is 6. The van der Waals surface area contributed by atoms with E-state index < -0.39 is 5.51 Å². The molecular formula is C13H23F3N2S. The van der Waals surface area contributed by atoms with Crippen LogP contribution in [0, 0.1) is 5.92 Å². The van der Waals surface area contributed by atoms with Crippen molar-refractivity contribution in [2.45, 2.75) is 50.2 Å². The summed E-state index contributed by atoms with van der Waals surface area (Å²) < 4.78 is 36.6. The topological polar surface area (TPSA) is 15.3 Å². The molecule has 6 heteroatoms. The molecule has 0 radical (unpaired) electrons. The second-order valence-corrected chi connectivity index (χ2v) is 6.74. The Bertz CT molecular complexity index is 282. The number of halogens is 3. The van der Waals surface area contributed by atoms with Gasteiger partial charge >= 0.3 is 5.51 Å². The third kappa shape index (κ3) is 5.16. The average Bonchev–Trinajstić information content (AvgIpc) is 3.13. The van der Waals surface area contributed by atoms with Crippen molar-refractivity contribution in [2.24, 2.45) is 5.92 Å². The summed E-state index contributed by atoms with van der Waals surface area (Å²) in [4.78, 5) is 2.28. The Morgan fingerprint density at radius 1 is 1.32 bits per heavy atom. The molecule has 1 aliphatic heterocycles. The van der Waals surface area contributed by atoms with Crippen LogP contribution < -0.4 is 5.32 Å². The van der Waals surface area contributed by atoms with Crippen LogP contribution in [0.1, 0.15) is 32.6 Å². The molecule has 2 rings (SSSR count). The summed E-state index contributed by atoms with van der Waals surface area (Å²) in [5, 5.41) is 3.58. The van der Waals surface area contributed by atoms with Crippen LogP contribution in [-0.2, 0) is 0 Å². The van der Waals surface area contributed by atoms with Gasteiger partial charge in [0, 0.05) is 37.5 Å². The monoisotopic (exact) mass is 296 g/mol. The minimum absolute atomic E-state index is 0.111. The van der Waals surface area contributed by atoms with Gasteiger partial charge in [-0.1, -0.05) is 13.3 Å². The summed E-state index contributed by atoms with van der Waals surface area (Å²) in [5.41, 5.74) is -4.09. The van der Waals surface area contributed by atoms with E-state index >= 15 is 0 Å². The summed E-state index contributed by atoms with van der Waals surface area (Å²) in [6.45, 7) is 4.55. The highest BCUT2D eigenvalue weighted by molar-refractivity contribution is 8.00. The highest BCUT2D eigenvalue weighted by Crippen LogP contribution is 2.35. The van der Waals surface area contributed by atoms with Crippen LogP contribution in [0.25, 0.3) is 0 Å². The normalized spacial score (nSPS) is 29.7. The molecule has 2 unspecified atom stereocenters. The summed E-state index contributed by atoms with van der Waals surface area (Å²) in [6.07, 6.45) is 4.72. The Hall–Kier alpha value is 0.0600. The number of nitrogens with one attached hydrogen (secondary N) is 1. The lowest BCUT2D eigenvalue weighted by atomic mass is 10.0. The van der Waals surface area contributed by atoms with E-state index in [0.29, 0.717) is 18.6 Å². The van der Waals surface area contributed by atoms with E-state index in [1.165, 1.54) is 12.8 Å². The van der Waals surface area contributed by atoms with Gasteiger partial charge in [0.05, 0.1) is 0 Å². The largest absolute Gasteiger partial charge is 0.441 e. The second-order valence-electron chi connectivity index (χ2n) is 5.58. The number of piperazine rings is 1. The first-order valence-corrected chi connectivity index (χ1v) is 8.16. The summed E-state index contributed by atoms with van der Waals surface area (Å²) >= 11 is 0.111. The van der Waals surface area contributed by atoms with Crippen molar-refractivity contribution in [1.29, 1.82) is 0 Å². The van der Waals surface area contributed by atoms with Crippen LogP contribution in [0.2, 0.25) is 0 Å². The Labute approximate surface area is 117 Å². The molecule has 0 aromatic rings. The van der Waals surface area contributed by atoms with Crippen molar-refractivity contribution >= 4 is 11.8 Å². The summed E-state index contributed by atoms with van der Waals surface area (Å²) in [6, 6.07) is 0.915. The van der Waals surface area contributed by atoms with Gasteiger partial charge in [-0.25, -0.2) is 0 Å². The fourth-order valence-corrected chi connectivity index (χ4v) is 3.42. The molecule has 1 heterocycles. The predicted molar refractivity (Wildman–Crippen MR) is 73.3 cm³/mol. The van der Waals surface area contributed by atoms with Gasteiger partial charge in [-0.15, -0.1) is 0 Å². The predicted octanol–water partition coefficient (Wildman–Crippen LogP) is 3.09. The molecule has 1 N–H and O–H groups in total. The van der Waals surface area contributed by atoms with Crippen LogP contribution in [0.4, 0.5) is 13.2 Å². The highest BCUT2D eigenvalue weighted by Gasteiger charge is 2.37. The molecule has 19 heavy (non-hydrogen) atoms. The zero-order valence-electron chi connectivity index (χ0n) is 11.4. The van der Waals surface area contributed by atoms with Crippen LogP contribution in [0.5, 0.6) is 0 Å². The maximum atomic E-state index is 12.2. The SMILES string of the molecule is CCCC1CNC(C2CC2)CN1CCSC(F)(F)F. The van der Waals surface area contributed by atoms with Crippen molar-refractivity contribution < 1.29 is 13.2 Å². The lowest BCUT2D eigenvalue weighted by Crippen LogP contribution is -2.57. The van der Waals surface area contributed by atoms with E-state index in [1.807, 2.05) is 0 Å². The number of hydrogen-bond donors (Lipinski definition) is 1. The van der Waals surface area contributed by atoms with Gasteiger partial charge in [0.1, 0.15) is 0 Å². The van der Waals surface area contributed by atoms with Crippen molar-refractivity contribution in [3.8, 4) is 0 Å².